The molecule has 4 atom stereocenters. The molecule has 0 heterocycles. The van der Waals surface area contributed by atoms with Crippen LogP contribution in [0.5, 0.6) is 5.75 Å². The van der Waals surface area contributed by atoms with E-state index in [1.165, 1.54) is 57.8 Å². The summed E-state index contributed by atoms with van der Waals surface area (Å²) >= 11 is 0. The molecule has 1 aromatic rings. The second-order valence-corrected chi connectivity index (χ2v) is 7.52. The SMILES string of the molecule is CCCC1CCC2CC(c3cc(F)c(OC)c(F)c3)CCC2C1. The van der Waals surface area contributed by atoms with Gasteiger partial charge >= 0.3 is 0 Å². The molecule has 0 spiro atoms. The van der Waals surface area contributed by atoms with Crippen LogP contribution in [0.4, 0.5) is 8.78 Å². The smallest absolute Gasteiger partial charge is 0.190 e. The average Bonchev–Trinajstić information content (AvgIpc) is 2.54. The van der Waals surface area contributed by atoms with E-state index in [9.17, 15) is 8.78 Å². The summed E-state index contributed by atoms with van der Waals surface area (Å²) in [6.07, 6.45) is 10.0. The molecule has 2 aliphatic carbocycles. The van der Waals surface area contributed by atoms with Crippen molar-refractivity contribution < 1.29 is 13.5 Å². The Morgan fingerprint density at radius 2 is 1.65 bits per heavy atom. The van der Waals surface area contributed by atoms with Gasteiger partial charge in [-0.3, -0.25) is 0 Å². The number of fused-ring (bicyclic) bond motifs is 1. The van der Waals surface area contributed by atoms with Crippen molar-refractivity contribution in [2.75, 3.05) is 7.11 Å². The van der Waals surface area contributed by atoms with Crippen LogP contribution in [0.3, 0.4) is 0 Å². The van der Waals surface area contributed by atoms with Crippen molar-refractivity contribution in [3.63, 3.8) is 0 Å². The lowest BCUT2D eigenvalue weighted by molar-refractivity contribution is 0.114. The molecule has 0 aromatic heterocycles. The molecule has 2 fully saturated rings. The zero-order valence-corrected chi connectivity index (χ0v) is 14.3. The van der Waals surface area contributed by atoms with Gasteiger partial charge < -0.3 is 4.74 Å². The topological polar surface area (TPSA) is 9.23 Å². The molecule has 0 aliphatic heterocycles. The summed E-state index contributed by atoms with van der Waals surface area (Å²) in [4.78, 5) is 0. The molecule has 4 unspecified atom stereocenters. The standard InChI is InChI=1S/C20H28F2O/c1-3-4-13-5-6-15-10-16(8-7-14(15)9-13)17-11-18(21)20(23-2)19(22)12-17/h11-16H,3-10H2,1-2H3. The second kappa shape index (κ2) is 7.19. The Labute approximate surface area is 138 Å². The fourth-order valence-corrected chi connectivity index (χ4v) is 4.97. The largest absolute Gasteiger partial charge is 0.491 e. The number of hydrogen-bond donors (Lipinski definition) is 0. The number of halogens is 2. The van der Waals surface area contributed by atoms with Gasteiger partial charge in [0.1, 0.15) is 0 Å². The maximum absolute atomic E-state index is 14.0. The fourth-order valence-electron chi connectivity index (χ4n) is 4.97. The third-order valence-corrected chi connectivity index (χ3v) is 6.11. The van der Waals surface area contributed by atoms with Gasteiger partial charge in [0.25, 0.3) is 0 Å². The number of benzene rings is 1. The minimum absolute atomic E-state index is 0.262. The van der Waals surface area contributed by atoms with Crippen LogP contribution in [0.15, 0.2) is 12.1 Å². The van der Waals surface area contributed by atoms with Crippen molar-refractivity contribution >= 4 is 0 Å². The number of methoxy groups -OCH3 is 1. The molecule has 0 saturated heterocycles. The fraction of sp³-hybridized carbons (Fsp3) is 0.700. The highest BCUT2D eigenvalue weighted by Crippen LogP contribution is 2.48. The van der Waals surface area contributed by atoms with Crippen LogP contribution in [0.2, 0.25) is 0 Å². The van der Waals surface area contributed by atoms with E-state index in [1.807, 2.05) is 0 Å². The summed E-state index contributed by atoms with van der Waals surface area (Å²) in [7, 11) is 1.31. The van der Waals surface area contributed by atoms with E-state index >= 15 is 0 Å². The predicted molar refractivity (Wildman–Crippen MR) is 88.7 cm³/mol. The predicted octanol–water partition coefficient (Wildman–Crippen LogP) is 6.07. The molecule has 1 nitrogen and oxygen atoms in total. The molecule has 2 aliphatic rings. The van der Waals surface area contributed by atoms with Gasteiger partial charge in [-0.05, 0) is 73.5 Å². The van der Waals surface area contributed by atoms with E-state index in [4.69, 9.17) is 4.74 Å². The Kier molecular flexibility index (Phi) is 5.23. The van der Waals surface area contributed by atoms with Crippen LogP contribution >= 0.6 is 0 Å². The molecule has 0 bridgehead atoms. The molecule has 0 amide bonds. The Morgan fingerprint density at radius 1 is 1.00 bits per heavy atom. The molecule has 2 saturated carbocycles. The van der Waals surface area contributed by atoms with Gasteiger partial charge in [-0.25, -0.2) is 8.78 Å². The van der Waals surface area contributed by atoms with Gasteiger partial charge in [-0.1, -0.05) is 26.2 Å². The van der Waals surface area contributed by atoms with E-state index in [-0.39, 0.29) is 5.75 Å². The van der Waals surface area contributed by atoms with Crippen molar-refractivity contribution in [3.8, 4) is 5.75 Å². The van der Waals surface area contributed by atoms with E-state index in [0.717, 1.165) is 36.2 Å². The summed E-state index contributed by atoms with van der Waals surface area (Å²) in [5.41, 5.74) is 0.815. The number of rotatable bonds is 4. The number of hydrogen-bond acceptors (Lipinski definition) is 1. The highest BCUT2D eigenvalue weighted by atomic mass is 19.1. The van der Waals surface area contributed by atoms with Crippen LogP contribution < -0.4 is 4.74 Å². The zero-order valence-electron chi connectivity index (χ0n) is 14.3. The summed E-state index contributed by atoms with van der Waals surface area (Å²) in [5.74, 6) is 1.39. The van der Waals surface area contributed by atoms with Crippen molar-refractivity contribution in [3.05, 3.63) is 29.3 Å². The highest BCUT2D eigenvalue weighted by Gasteiger charge is 2.36. The zero-order chi connectivity index (χ0) is 16.4. The molecule has 3 rings (SSSR count). The second-order valence-electron chi connectivity index (χ2n) is 7.52. The lowest BCUT2D eigenvalue weighted by Gasteiger charge is -2.42. The first-order valence-corrected chi connectivity index (χ1v) is 9.15. The van der Waals surface area contributed by atoms with Gasteiger partial charge in [-0.2, -0.15) is 0 Å². The van der Waals surface area contributed by atoms with E-state index in [0.29, 0.717) is 5.92 Å². The van der Waals surface area contributed by atoms with Crippen molar-refractivity contribution in [2.45, 2.75) is 64.2 Å². The van der Waals surface area contributed by atoms with Crippen molar-refractivity contribution in [1.82, 2.24) is 0 Å². The summed E-state index contributed by atoms with van der Waals surface area (Å²) in [6, 6.07) is 2.96. The third-order valence-electron chi connectivity index (χ3n) is 6.11. The Balaban J connectivity index is 1.69. The first-order chi connectivity index (χ1) is 11.1. The van der Waals surface area contributed by atoms with E-state index < -0.39 is 11.6 Å². The maximum Gasteiger partial charge on any atom is 0.190 e. The quantitative estimate of drug-likeness (QED) is 0.653. The minimum atomic E-state index is -0.573. The van der Waals surface area contributed by atoms with Crippen LogP contribution in [0.25, 0.3) is 0 Å². The van der Waals surface area contributed by atoms with Gasteiger partial charge in [-0.15, -0.1) is 0 Å². The first-order valence-electron chi connectivity index (χ1n) is 9.15. The third kappa shape index (κ3) is 3.54. The minimum Gasteiger partial charge on any atom is -0.491 e. The summed E-state index contributed by atoms with van der Waals surface area (Å²) in [5, 5.41) is 0. The van der Waals surface area contributed by atoms with Gasteiger partial charge in [0, 0.05) is 0 Å². The highest BCUT2D eigenvalue weighted by molar-refractivity contribution is 5.33. The molecule has 1 aromatic carbocycles. The van der Waals surface area contributed by atoms with Crippen LogP contribution in [-0.2, 0) is 0 Å². The van der Waals surface area contributed by atoms with Gasteiger partial charge in [0.05, 0.1) is 7.11 Å². The number of ether oxygens (including phenoxy) is 1. The van der Waals surface area contributed by atoms with E-state index in [2.05, 4.69) is 6.92 Å². The Morgan fingerprint density at radius 3 is 2.30 bits per heavy atom. The average molecular weight is 322 g/mol. The van der Waals surface area contributed by atoms with Crippen LogP contribution in [0.1, 0.15) is 69.8 Å². The summed E-state index contributed by atoms with van der Waals surface area (Å²) < 4.78 is 32.7. The molecular weight excluding hydrogens is 294 g/mol. The van der Waals surface area contributed by atoms with Crippen LogP contribution in [-0.4, -0.2) is 7.11 Å². The lowest BCUT2D eigenvalue weighted by Crippen LogP contribution is -2.30. The van der Waals surface area contributed by atoms with Crippen molar-refractivity contribution in [1.29, 1.82) is 0 Å². The molecule has 3 heteroatoms. The lowest BCUT2D eigenvalue weighted by atomic mass is 9.63. The maximum atomic E-state index is 14.0. The molecule has 0 N–H and O–H groups in total. The normalized spacial score (nSPS) is 30.8. The van der Waals surface area contributed by atoms with Gasteiger partial charge in [0.15, 0.2) is 17.4 Å². The Bertz CT molecular complexity index is 519. The summed E-state index contributed by atoms with van der Waals surface area (Å²) in [6.45, 7) is 2.27. The Hall–Kier alpha value is -1.12. The monoisotopic (exact) mass is 322 g/mol. The molecular formula is C20H28F2O. The van der Waals surface area contributed by atoms with Gasteiger partial charge in [0.2, 0.25) is 0 Å². The molecule has 23 heavy (non-hydrogen) atoms. The van der Waals surface area contributed by atoms with E-state index in [1.54, 1.807) is 0 Å². The molecule has 128 valence electrons. The molecule has 0 radical (unpaired) electrons. The first kappa shape index (κ1) is 16.7. The van der Waals surface area contributed by atoms with Crippen molar-refractivity contribution in [2.24, 2.45) is 17.8 Å². The van der Waals surface area contributed by atoms with Crippen LogP contribution in [0, 0.1) is 29.4 Å².